The Labute approximate surface area is 165 Å². The lowest BCUT2D eigenvalue weighted by Gasteiger charge is -2.35. The summed E-state index contributed by atoms with van der Waals surface area (Å²) in [5.74, 6) is -0.235. The number of hydrogen-bond donors (Lipinski definition) is 1. The van der Waals surface area contributed by atoms with Crippen LogP contribution in [-0.4, -0.2) is 49.1 Å². The molecule has 6 nitrogen and oxygen atoms in total. The Morgan fingerprint density at radius 2 is 1.68 bits per heavy atom. The van der Waals surface area contributed by atoms with Gasteiger partial charge in [-0.25, -0.2) is 0 Å². The predicted octanol–water partition coefficient (Wildman–Crippen LogP) is 2.44. The van der Waals surface area contributed by atoms with E-state index in [1.54, 1.807) is 4.90 Å². The van der Waals surface area contributed by atoms with Crippen LogP contribution in [0.5, 0.6) is 0 Å². The summed E-state index contributed by atoms with van der Waals surface area (Å²) in [7, 11) is 0. The molecule has 2 aromatic carbocycles. The van der Waals surface area contributed by atoms with Crippen molar-refractivity contribution in [2.75, 3.05) is 36.5 Å². The summed E-state index contributed by atoms with van der Waals surface area (Å²) in [4.78, 5) is 29.0. The second-order valence-electron chi connectivity index (χ2n) is 7.27. The first-order chi connectivity index (χ1) is 13.6. The summed E-state index contributed by atoms with van der Waals surface area (Å²) < 4.78 is 5.39. The molecule has 0 bridgehead atoms. The van der Waals surface area contributed by atoms with Crippen molar-refractivity contribution in [1.29, 1.82) is 0 Å². The van der Waals surface area contributed by atoms with Crippen LogP contribution < -0.4 is 10.2 Å². The van der Waals surface area contributed by atoms with E-state index in [0.717, 1.165) is 48.8 Å². The fourth-order valence-corrected chi connectivity index (χ4v) is 3.89. The number of fused-ring (bicyclic) bond motifs is 1. The molecule has 1 saturated heterocycles. The van der Waals surface area contributed by atoms with Crippen LogP contribution in [0.3, 0.4) is 0 Å². The van der Waals surface area contributed by atoms with Gasteiger partial charge in [0, 0.05) is 44.4 Å². The van der Waals surface area contributed by atoms with Crippen LogP contribution in [0.15, 0.2) is 48.5 Å². The molecule has 1 fully saturated rings. The summed E-state index contributed by atoms with van der Waals surface area (Å²) >= 11 is 0. The number of amides is 2. The molecule has 6 heteroatoms. The SMILES string of the molecule is CC(=O)N1Cc2ccccc2CC1C(=O)Nc1ccc(N2CCOCC2)cc1. The molecule has 0 aliphatic carbocycles. The first-order valence-electron chi connectivity index (χ1n) is 9.69. The second-order valence-corrected chi connectivity index (χ2v) is 7.27. The molecule has 146 valence electrons. The van der Waals surface area contributed by atoms with E-state index < -0.39 is 6.04 Å². The van der Waals surface area contributed by atoms with Crippen molar-refractivity contribution in [3.05, 3.63) is 59.7 Å². The molecule has 0 aromatic heterocycles. The molecular formula is C22H25N3O3. The average molecular weight is 379 g/mol. The summed E-state index contributed by atoms with van der Waals surface area (Å²) in [6, 6.07) is 15.4. The third kappa shape index (κ3) is 3.87. The number of carbonyl (C=O) groups excluding carboxylic acids is 2. The maximum Gasteiger partial charge on any atom is 0.247 e. The molecule has 2 heterocycles. The van der Waals surface area contributed by atoms with Gasteiger partial charge >= 0.3 is 0 Å². The highest BCUT2D eigenvalue weighted by Crippen LogP contribution is 2.25. The van der Waals surface area contributed by atoms with Crippen LogP contribution >= 0.6 is 0 Å². The number of carbonyl (C=O) groups is 2. The van der Waals surface area contributed by atoms with Crippen molar-refractivity contribution in [1.82, 2.24) is 4.90 Å². The van der Waals surface area contributed by atoms with Crippen molar-refractivity contribution in [2.24, 2.45) is 0 Å². The molecule has 4 rings (SSSR count). The van der Waals surface area contributed by atoms with Crippen molar-refractivity contribution < 1.29 is 14.3 Å². The Morgan fingerprint density at radius 1 is 1.00 bits per heavy atom. The molecule has 2 aliphatic heterocycles. The molecule has 0 spiro atoms. The second kappa shape index (κ2) is 8.02. The fourth-order valence-electron chi connectivity index (χ4n) is 3.89. The maximum atomic E-state index is 12.9. The van der Waals surface area contributed by atoms with Crippen molar-refractivity contribution in [3.8, 4) is 0 Å². The van der Waals surface area contributed by atoms with Crippen LogP contribution in [-0.2, 0) is 27.3 Å². The number of rotatable bonds is 3. The van der Waals surface area contributed by atoms with Gasteiger partial charge in [-0.15, -0.1) is 0 Å². The van der Waals surface area contributed by atoms with E-state index in [9.17, 15) is 9.59 Å². The highest BCUT2D eigenvalue weighted by molar-refractivity contribution is 5.97. The van der Waals surface area contributed by atoms with Crippen molar-refractivity contribution in [2.45, 2.75) is 25.9 Å². The Bertz CT molecular complexity index is 860. The minimum Gasteiger partial charge on any atom is -0.378 e. The van der Waals surface area contributed by atoms with E-state index in [1.807, 2.05) is 48.5 Å². The first kappa shape index (κ1) is 18.5. The number of nitrogens with one attached hydrogen (secondary N) is 1. The van der Waals surface area contributed by atoms with Gasteiger partial charge in [0.05, 0.1) is 13.2 Å². The van der Waals surface area contributed by atoms with Crippen molar-refractivity contribution >= 4 is 23.2 Å². The normalized spacial score (nSPS) is 19.1. The Kier molecular flexibility index (Phi) is 5.30. The third-order valence-electron chi connectivity index (χ3n) is 5.47. The molecule has 28 heavy (non-hydrogen) atoms. The predicted molar refractivity (Wildman–Crippen MR) is 108 cm³/mol. The molecule has 1 atom stereocenters. The van der Waals surface area contributed by atoms with Gasteiger partial charge in [-0.1, -0.05) is 24.3 Å². The largest absolute Gasteiger partial charge is 0.378 e. The zero-order valence-corrected chi connectivity index (χ0v) is 16.1. The minimum atomic E-state index is -0.494. The van der Waals surface area contributed by atoms with Gasteiger partial charge < -0.3 is 19.9 Å². The van der Waals surface area contributed by atoms with Crippen LogP contribution in [0.2, 0.25) is 0 Å². The number of ether oxygens (including phenoxy) is 1. The molecule has 2 aliphatic rings. The molecule has 0 radical (unpaired) electrons. The zero-order valence-electron chi connectivity index (χ0n) is 16.1. The van der Waals surface area contributed by atoms with E-state index in [2.05, 4.69) is 10.2 Å². The highest BCUT2D eigenvalue weighted by Gasteiger charge is 2.33. The smallest absolute Gasteiger partial charge is 0.247 e. The Morgan fingerprint density at radius 3 is 2.36 bits per heavy atom. The molecule has 1 N–H and O–H groups in total. The van der Waals surface area contributed by atoms with E-state index in [1.165, 1.54) is 6.92 Å². The summed E-state index contributed by atoms with van der Waals surface area (Å²) in [6.07, 6.45) is 0.535. The highest BCUT2D eigenvalue weighted by atomic mass is 16.5. The Balaban J connectivity index is 1.47. The summed E-state index contributed by atoms with van der Waals surface area (Å²) in [5.41, 5.74) is 4.10. The first-order valence-corrected chi connectivity index (χ1v) is 9.69. The molecular weight excluding hydrogens is 354 g/mol. The van der Waals surface area contributed by atoms with Crippen LogP contribution in [0.25, 0.3) is 0 Å². The number of hydrogen-bond acceptors (Lipinski definition) is 4. The van der Waals surface area contributed by atoms with Crippen molar-refractivity contribution in [3.63, 3.8) is 0 Å². The summed E-state index contributed by atoms with van der Waals surface area (Å²) in [5, 5.41) is 2.98. The van der Waals surface area contributed by atoms with Gasteiger partial charge in [-0.3, -0.25) is 9.59 Å². The molecule has 1 unspecified atom stereocenters. The van der Waals surface area contributed by atoms with Gasteiger partial charge in [-0.2, -0.15) is 0 Å². The molecule has 2 aromatic rings. The number of nitrogens with zero attached hydrogens (tertiary/aromatic N) is 2. The van der Waals surface area contributed by atoms with E-state index >= 15 is 0 Å². The average Bonchev–Trinajstić information content (AvgIpc) is 2.74. The van der Waals surface area contributed by atoms with Gasteiger partial charge in [0.25, 0.3) is 0 Å². The fraction of sp³-hybridized carbons (Fsp3) is 0.364. The van der Waals surface area contributed by atoms with E-state index in [-0.39, 0.29) is 11.8 Å². The van der Waals surface area contributed by atoms with Gasteiger partial charge in [0.2, 0.25) is 11.8 Å². The van der Waals surface area contributed by atoms with E-state index in [0.29, 0.717) is 13.0 Å². The summed E-state index contributed by atoms with van der Waals surface area (Å²) in [6.45, 7) is 5.22. The van der Waals surface area contributed by atoms with Gasteiger partial charge in [0.1, 0.15) is 6.04 Å². The lowest BCUT2D eigenvalue weighted by atomic mass is 9.93. The number of morpholine rings is 1. The lowest BCUT2D eigenvalue weighted by molar-refractivity contribution is -0.138. The van der Waals surface area contributed by atoms with Crippen LogP contribution in [0.1, 0.15) is 18.1 Å². The Hall–Kier alpha value is -2.86. The van der Waals surface area contributed by atoms with Gasteiger partial charge in [0.15, 0.2) is 0 Å². The van der Waals surface area contributed by atoms with Crippen LogP contribution in [0, 0.1) is 0 Å². The molecule has 2 amide bonds. The zero-order chi connectivity index (χ0) is 19.5. The monoisotopic (exact) mass is 379 g/mol. The standard InChI is InChI=1S/C22H25N3O3/c1-16(26)25-15-18-5-3-2-4-17(18)14-21(25)22(27)23-19-6-8-20(9-7-19)24-10-12-28-13-11-24/h2-9,21H,10-15H2,1H3,(H,23,27). The third-order valence-corrected chi connectivity index (χ3v) is 5.47. The van der Waals surface area contributed by atoms with Crippen LogP contribution in [0.4, 0.5) is 11.4 Å². The lowest BCUT2D eigenvalue weighted by Crippen LogP contribution is -2.49. The maximum absolute atomic E-state index is 12.9. The quantitative estimate of drug-likeness (QED) is 0.890. The number of anilines is 2. The minimum absolute atomic E-state index is 0.0858. The topological polar surface area (TPSA) is 61.9 Å². The van der Waals surface area contributed by atoms with E-state index in [4.69, 9.17) is 4.74 Å². The number of benzene rings is 2. The van der Waals surface area contributed by atoms with Gasteiger partial charge in [-0.05, 0) is 35.4 Å². The molecule has 0 saturated carbocycles.